The zero-order valence-corrected chi connectivity index (χ0v) is 14.2. The van der Waals surface area contributed by atoms with Crippen LogP contribution in [0.25, 0.3) is 0 Å². The Kier molecular flexibility index (Phi) is 6.10. The van der Waals surface area contributed by atoms with Gasteiger partial charge in [-0.25, -0.2) is 4.79 Å². The van der Waals surface area contributed by atoms with E-state index in [4.69, 9.17) is 4.74 Å². The largest absolute Gasteiger partial charge is 0.396 e. The van der Waals surface area contributed by atoms with E-state index in [1.54, 1.807) is 0 Å². The summed E-state index contributed by atoms with van der Waals surface area (Å²) >= 11 is 0. The molecule has 2 N–H and O–H groups in total. The topological polar surface area (TPSA) is 61.8 Å². The minimum Gasteiger partial charge on any atom is -0.396 e. The predicted molar refractivity (Wildman–Crippen MR) is 92.9 cm³/mol. The molecule has 1 fully saturated rings. The van der Waals surface area contributed by atoms with Crippen molar-refractivity contribution in [1.29, 1.82) is 0 Å². The number of carbonyl (C=O) groups excluding carboxylic acids is 1. The van der Waals surface area contributed by atoms with Crippen molar-refractivity contribution in [3.8, 4) is 0 Å². The van der Waals surface area contributed by atoms with Crippen LogP contribution in [0.2, 0.25) is 0 Å². The highest BCUT2D eigenvalue weighted by Gasteiger charge is 2.29. The molecule has 1 aliphatic carbocycles. The fourth-order valence-corrected chi connectivity index (χ4v) is 3.80. The molecule has 1 saturated heterocycles. The van der Waals surface area contributed by atoms with E-state index in [1.807, 2.05) is 11.0 Å². The summed E-state index contributed by atoms with van der Waals surface area (Å²) in [6.07, 6.45) is 6.00. The molecular formula is C19H28N2O3. The van der Waals surface area contributed by atoms with Gasteiger partial charge in [-0.15, -0.1) is 0 Å². The molecule has 0 aromatic heterocycles. The van der Waals surface area contributed by atoms with Crippen molar-refractivity contribution in [2.75, 3.05) is 26.3 Å². The number of ether oxygens (including phenoxy) is 1. The monoisotopic (exact) mass is 332 g/mol. The third-order valence-electron chi connectivity index (χ3n) is 5.04. The van der Waals surface area contributed by atoms with Crippen molar-refractivity contribution in [3.05, 3.63) is 35.4 Å². The molecule has 5 heteroatoms. The number of aryl methyl sites for hydroxylation is 1. The van der Waals surface area contributed by atoms with Gasteiger partial charge in [0.25, 0.3) is 0 Å². The molecule has 0 saturated carbocycles. The lowest BCUT2D eigenvalue weighted by Gasteiger charge is -2.36. The van der Waals surface area contributed by atoms with E-state index in [-0.39, 0.29) is 24.8 Å². The predicted octanol–water partition coefficient (Wildman–Crippen LogP) is 2.64. The quantitative estimate of drug-likeness (QED) is 0.842. The lowest BCUT2D eigenvalue weighted by atomic mass is 9.87. The molecule has 1 aromatic rings. The zero-order valence-electron chi connectivity index (χ0n) is 14.2. The van der Waals surface area contributed by atoms with Crippen molar-refractivity contribution >= 4 is 6.03 Å². The number of rotatable bonds is 6. The normalized spacial score (nSPS) is 22.9. The number of urea groups is 1. The molecule has 0 unspecified atom stereocenters. The van der Waals surface area contributed by atoms with Crippen molar-refractivity contribution in [1.82, 2.24) is 10.2 Å². The first-order valence-corrected chi connectivity index (χ1v) is 9.14. The molecule has 1 aromatic carbocycles. The van der Waals surface area contributed by atoms with E-state index < -0.39 is 0 Å². The van der Waals surface area contributed by atoms with Crippen LogP contribution in [0.1, 0.15) is 49.3 Å². The maximum absolute atomic E-state index is 12.8. The van der Waals surface area contributed by atoms with Gasteiger partial charge in [-0.3, -0.25) is 0 Å². The van der Waals surface area contributed by atoms with Gasteiger partial charge in [-0.2, -0.15) is 0 Å². The van der Waals surface area contributed by atoms with Gasteiger partial charge in [0.1, 0.15) is 0 Å². The summed E-state index contributed by atoms with van der Waals surface area (Å²) < 4.78 is 5.59. The van der Waals surface area contributed by atoms with E-state index >= 15 is 0 Å². The molecule has 2 aliphatic rings. The standard InChI is InChI=1S/C19H28N2O3/c22-12-5-11-21(19(23)20-14-16-8-4-13-24-16)18-10-3-7-15-6-1-2-9-17(15)18/h1-2,6,9,16,18,22H,3-5,7-8,10-14H2,(H,20,23)/t16-,18-/m1/s1. The number of hydrogen-bond acceptors (Lipinski definition) is 3. The van der Waals surface area contributed by atoms with Crippen LogP contribution in [0.3, 0.4) is 0 Å². The molecule has 2 atom stereocenters. The smallest absolute Gasteiger partial charge is 0.318 e. The number of aliphatic hydroxyl groups is 1. The Morgan fingerprint density at radius 3 is 2.96 bits per heavy atom. The summed E-state index contributed by atoms with van der Waals surface area (Å²) in [7, 11) is 0. The van der Waals surface area contributed by atoms with Gasteiger partial charge in [0, 0.05) is 26.3 Å². The number of carbonyl (C=O) groups is 1. The van der Waals surface area contributed by atoms with Gasteiger partial charge in [-0.1, -0.05) is 24.3 Å². The van der Waals surface area contributed by atoms with Gasteiger partial charge in [0.15, 0.2) is 0 Å². The van der Waals surface area contributed by atoms with Crippen molar-refractivity contribution in [2.45, 2.75) is 50.7 Å². The first-order chi connectivity index (χ1) is 11.8. The van der Waals surface area contributed by atoms with Gasteiger partial charge < -0.3 is 20.1 Å². The maximum atomic E-state index is 12.8. The summed E-state index contributed by atoms with van der Waals surface area (Å²) in [5.41, 5.74) is 2.60. The van der Waals surface area contributed by atoms with Gasteiger partial charge in [0.2, 0.25) is 0 Å². The molecule has 1 heterocycles. The Balaban J connectivity index is 1.70. The number of nitrogens with zero attached hydrogens (tertiary/aromatic N) is 1. The number of fused-ring (bicyclic) bond motifs is 1. The van der Waals surface area contributed by atoms with E-state index in [9.17, 15) is 9.90 Å². The van der Waals surface area contributed by atoms with Crippen LogP contribution in [-0.2, 0) is 11.2 Å². The van der Waals surface area contributed by atoms with E-state index in [1.165, 1.54) is 11.1 Å². The van der Waals surface area contributed by atoms with Crippen molar-refractivity contribution in [2.24, 2.45) is 0 Å². The molecule has 0 spiro atoms. The van der Waals surface area contributed by atoms with Gasteiger partial charge in [0.05, 0.1) is 12.1 Å². The number of nitrogens with one attached hydrogen (secondary N) is 1. The molecule has 3 rings (SSSR count). The number of aliphatic hydroxyl groups excluding tert-OH is 1. The van der Waals surface area contributed by atoms with Crippen LogP contribution in [0.15, 0.2) is 24.3 Å². The summed E-state index contributed by atoms with van der Waals surface area (Å²) in [5, 5.41) is 12.3. The second-order valence-electron chi connectivity index (χ2n) is 6.70. The van der Waals surface area contributed by atoms with Crippen molar-refractivity contribution < 1.29 is 14.6 Å². The first kappa shape index (κ1) is 17.2. The second kappa shape index (κ2) is 8.49. The molecule has 0 radical (unpaired) electrons. The Morgan fingerprint density at radius 2 is 2.17 bits per heavy atom. The number of amides is 2. The maximum Gasteiger partial charge on any atom is 0.318 e. The van der Waals surface area contributed by atoms with Crippen LogP contribution in [0, 0.1) is 0 Å². The van der Waals surface area contributed by atoms with Crippen LogP contribution >= 0.6 is 0 Å². The average Bonchev–Trinajstić information content (AvgIpc) is 3.14. The highest BCUT2D eigenvalue weighted by molar-refractivity contribution is 5.75. The second-order valence-corrected chi connectivity index (χ2v) is 6.70. The molecule has 132 valence electrons. The Hall–Kier alpha value is -1.59. The minimum atomic E-state index is -0.0411. The fourth-order valence-electron chi connectivity index (χ4n) is 3.80. The highest BCUT2D eigenvalue weighted by atomic mass is 16.5. The van der Waals surface area contributed by atoms with Crippen LogP contribution in [-0.4, -0.2) is 48.4 Å². The SMILES string of the molecule is O=C(NC[C@H]1CCCO1)N(CCCO)[C@@H]1CCCc2ccccc21. The third-order valence-corrected chi connectivity index (χ3v) is 5.04. The summed E-state index contributed by atoms with van der Waals surface area (Å²) in [6, 6.07) is 8.48. The molecule has 1 aliphatic heterocycles. The third kappa shape index (κ3) is 4.08. The molecule has 5 nitrogen and oxygen atoms in total. The average molecular weight is 332 g/mol. The molecule has 24 heavy (non-hydrogen) atoms. The van der Waals surface area contributed by atoms with E-state index in [2.05, 4.69) is 23.5 Å². The summed E-state index contributed by atoms with van der Waals surface area (Å²) in [5.74, 6) is 0. The zero-order chi connectivity index (χ0) is 16.8. The molecule has 2 amide bonds. The number of benzene rings is 1. The van der Waals surface area contributed by atoms with Crippen LogP contribution in [0.5, 0.6) is 0 Å². The van der Waals surface area contributed by atoms with Crippen molar-refractivity contribution in [3.63, 3.8) is 0 Å². The minimum absolute atomic E-state index is 0.0411. The van der Waals surface area contributed by atoms with E-state index in [0.29, 0.717) is 19.5 Å². The van der Waals surface area contributed by atoms with Crippen LogP contribution in [0.4, 0.5) is 4.79 Å². The number of hydrogen-bond donors (Lipinski definition) is 2. The van der Waals surface area contributed by atoms with E-state index in [0.717, 1.165) is 38.7 Å². The molecular weight excluding hydrogens is 304 g/mol. The Labute approximate surface area is 144 Å². The van der Waals surface area contributed by atoms with Gasteiger partial charge >= 0.3 is 6.03 Å². The van der Waals surface area contributed by atoms with Crippen LogP contribution < -0.4 is 5.32 Å². The summed E-state index contributed by atoms with van der Waals surface area (Å²) in [6.45, 7) is 2.05. The Morgan fingerprint density at radius 1 is 1.29 bits per heavy atom. The van der Waals surface area contributed by atoms with Gasteiger partial charge in [-0.05, 0) is 49.7 Å². The molecule has 0 bridgehead atoms. The lowest BCUT2D eigenvalue weighted by molar-refractivity contribution is 0.105. The fraction of sp³-hybridized carbons (Fsp3) is 0.632. The highest BCUT2D eigenvalue weighted by Crippen LogP contribution is 2.34. The summed E-state index contributed by atoms with van der Waals surface area (Å²) in [4.78, 5) is 14.7. The first-order valence-electron chi connectivity index (χ1n) is 9.14. The Bertz CT molecular complexity index is 543. The lowest BCUT2D eigenvalue weighted by Crippen LogP contribution is -2.46.